The van der Waals surface area contributed by atoms with Crippen LogP contribution in [0.15, 0.2) is 29.4 Å². The van der Waals surface area contributed by atoms with Gasteiger partial charge in [-0.1, -0.05) is 0 Å². The van der Waals surface area contributed by atoms with Crippen molar-refractivity contribution in [3.8, 4) is 0 Å². The van der Waals surface area contributed by atoms with E-state index < -0.39 is 17.7 Å². The molecule has 7 heteroatoms. The van der Waals surface area contributed by atoms with Crippen molar-refractivity contribution >= 4 is 17.3 Å². The van der Waals surface area contributed by atoms with Gasteiger partial charge in [0, 0.05) is 12.3 Å². The molecule has 0 bridgehead atoms. The fourth-order valence-electron chi connectivity index (χ4n) is 1.85. The number of carbonyl (C=O) groups is 1. The number of hydrogen-bond donors (Lipinski definition) is 1. The van der Waals surface area contributed by atoms with E-state index in [4.69, 9.17) is 5.73 Å². The number of anilines is 1. The third kappa shape index (κ3) is 2.46. The molecular weight excluding hydrogens is 259 g/mol. The molecule has 1 atom stereocenters. The molecule has 1 heterocycles. The van der Waals surface area contributed by atoms with Crippen molar-refractivity contribution in [2.45, 2.75) is 13.1 Å². The third-order valence-corrected chi connectivity index (χ3v) is 2.94. The molecule has 1 aliphatic rings. The van der Waals surface area contributed by atoms with E-state index in [1.807, 2.05) is 0 Å². The Labute approximate surface area is 107 Å². The van der Waals surface area contributed by atoms with Crippen LogP contribution in [0.25, 0.3) is 0 Å². The van der Waals surface area contributed by atoms with Gasteiger partial charge in [0.2, 0.25) is 0 Å². The van der Waals surface area contributed by atoms with Gasteiger partial charge in [-0.3, -0.25) is 4.79 Å². The first-order valence-corrected chi connectivity index (χ1v) is 5.61. The fraction of sp³-hybridized carbons (Fsp3) is 0.333. The zero-order valence-electron chi connectivity index (χ0n) is 10.1. The van der Waals surface area contributed by atoms with E-state index in [-0.39, 0.29) is 12.5 Å². The Morgan fingerprint density at radius 1 is 1.32 bits per heavy atom. The Balaban J connectivity index is 2.27. The first kappa shape index (κ1) is 13.5. The number of hydrazone groups is 1. The molecule has 0 aliphatic carbocycles. The van der Waals surface area contributed by atoms with Crippen molar-refractivity contribution < 1.29 is 18.0 Å². The van der Waals surface area contributed by atoms with E-state index in [0.717, 1.165) is 17.1 Å². The first-order chi connectivity index (χ1) is 8.84. The van der Waals surface area contributed by atoms with Crippen LogP contribution in [0.3, 0.4) is 0 Å². The zero-order valence-corrected chi connectivity index (χ0v) is 10.1. The summed E-state index contributed by atoms with van der Waals surface area (Å²) in [4.78, 5) is 11.9. The van der Waals surface area contributed by atoms with Crippen molar-refractivity contribution in [3.05, 3.63) is 29.8 Å². The maximum Gasteiger partial charge on any atom is 0.416 e. The summed E-state index contributed by atoms with van der Waals surface area (Å²) in [5.41, 5.74) is 5.56. The number of amides is 1. The van der Waals surface area contributed by atoms with Crippen LogP contribution in [0, 0.1) is 5.92 Å². The summed E-state index contributed by atoms with van der Waals surface area (Å²) in [6.45, 7) is 1.80. The normalized spacial score (nSPS) is 19.8. The van der Waals surface area contributed by atoms with E-state index in [0.29, 0.717) is 11.4 Å². The molecule has 1 amide bonds. The van der Waals surface area contributed by atoms with Crippen molar-refractivity contribution in [1.82, 2.24) is 0 Å². The second-order valence-corrected chi connectivity index (χ2v) is 4.22. The van der Waals surface area contributed by atoms with Crippen LogP contribution in [0.1, 0.15) is 12.5 Å². The van der Waals surface area contributed by atoms with Gasteiger partial charge in [0.05, 0.1) is 17.2 Å². The predicted octanol–water partition coefficient (Wildman–Crippen LogP) is 2.00. The van der Waals surface area contributed by atoms with Gasteiger partial charge in [-0.05, 0) is 31.2 Å². The summed E-state index contributed by atoms with van der Waals surface area (Å²) in [6, 6.07) is 4.28. The number of nitrogens with two attached hydrogens (primary N) is 1. The lowest BCUT2D eigenvalue weighted by Gasteiger charge is -2.14. The molecule has 4 nitrogen and oxygen atoms in total. The average molecular weight is 271 g/mol. The van der Waals surface area contributed by atoms with Gasteiger partial charge < -0.3 is 5.73 Å². The zero-order chi connectivity index (χ0) is 14.2. The number of nitrogens with zero attached hydrogens (tertiary/aromatic N) is 2. The van der Waals surface area contributed by atoms with Crippen LogP contribution in [0.2, 0.25) is 0 Å². The number of hydrogen-bond acceptors (Lipinski definition) is 3. The molecule has 0 radical (unpaired) electrons. The fourth-order valence-corrected chi connectivity index (χ4v) is 1.85. The van der Waals surface area contributed by atoms with Gasteiger partial charge in [0.25, 0.3) is 5.91 Å². The molecular formula is C12H12F3N3O. The molecule has 1 aromatic rings. The van der Waals surface area contributed by atoms with Crippen LogP contribution < -0.4 is 10.7 Å². The lowest BCUT2D eigenvalue weighted by molar-refractivity contribution is -0.137. The molecule has 0 saturated heterocycles. The Bertz CT molecular complexity index is 522. The van der Waals surface area contributed by atoms with Gasteiger partial charge in [0.1, 0.15) is 0 Å². The lowest BCUT2D eigenvalue weighted by atomic mass is 10.1. The van der Waals surface area contributed by atoms with Crippen molar-refractivity contribution in [1.29, 1.82) is 0 Å². The second-order valence-electron chi connectivity index (χ2n) is 4.22. The molecule has 1 aromatic carbocycles. The Kier molecular flexibility index (Phi) is 3.32. The highest BCUT2D eigenvalue weighted by molar-refractivity contribution is 6.14. The van der Waals surface area contributed by atoms with Crippen molar-refractivity contribution in [2.24, 2.45) is 16.8 Å². The summed E-state index contributed by atoms with van der Waals surface area (Å²) in [6.07, 6.45) is -4.40. The Morgan fingerprint density at radius 3 is 2.32 bits per heavy atom. The minimum atomic E-state index is -4.40. The molecule has 102 valence electrons. The monoisotopic (exact) mass is 271 g/mol. The van der Waals surface area contributed by atoms with E-state index >= 15 is 0 Å². The Morgan fingerprint density at radius 2 is 1.89 bits per heavy atom. The van der Waals surface area contributed by atoms with E-state index in [9.17, 15) is 18.0 Å². The molecule has 19 heavy (non-hydrogen) atoms. The van der Waals surface area contributed by atoms with Crippen LogP contribution in [-0.2, 0) is 11.0 Å². The number of benzene rings is 1. The van der Waals surface area contributed by atoms with E-state index in [1.54, 1.807) is 6.92 Å². The average Bonchev–Trinajstić information content (AvgIpc) is 2.63. The molecule has 1 unspecified atom stereocenters. The molecule has 0 aromatic heterocycles. The summed E-state index contributed by atoms with van der Waals surface area (Å²) in [5, 5.41) is 5.11. The maximum absolute atomic E-state index is 12.4. The van der Waals surface area contributed by atoms with Gasteiger partial charge in [-0.25, -0.2) is 5.01 Å². The second kappa shape index (κ2) is 4.65. The Hall–Kier alpha value is -1.89. The summed E-state index contributed by atoms with van der Waals surface area (Å²) < 4.78 is 37.3. The molecule has 0 fully saturated rings. The van der Waals surface area contributed by atoms with Crippen molar-refractivity contribution in [2.75, 3.05) is 11.6 Å². The van der Waals surface area contributed by atoms with E-state index in [2.05, 4.69) is 5.10 Å². The highest BCUT2D eigenvalue weighted by Crippen LogP contribution is 2.31. The topological polar surface area (TPSA) is 58.7 Å². The largest absolute Gasteiger partial charge is 0.416 e. The molecule has 2 N–H and O–H groups in total. The number of halogens is 3. The van der Waals surface area contributed by atoms with E-state index in [1.165, 1.54) is 12.1 Å². The standard InChI is InChI=1S/C12H12F3N3O/c1-7-10(6-16)11(19)18(17-7)9-4-2-8(3-5-9)12(13,14)15/h2-5,10H,6,16H2,1H3. The molecule has 0 saturated carbocycles. The smallest absolute Gasteiger partial charge is 0.329 e. The summed E-state index contributed by atoms with van der Waals surface area (Å²) in [5.74, 6) is -0.818. The van der Waals surface area contributed by atoms with Crippen molar-refractivity contribution in [3.63, 3.8) is 0 Å². The lowest BCUT2D eigenvalue weighted by Crippen LogP contribution is -2.32. The summed E-state index contributed by atoms with van der Waals surface area (Å²) in [7, 11) is 0. The SMILES string of the molecule is CC1=NN(c2ccc(C(F)(F)F)cc2)C(=O)C1CN. The minimum Gasteiger partial charge on any atom is -0.329 e. The number of alkyl halides is 3. The third-order valence-electron chi connectivity index (χ3n) is 2.94. The maximum atomic E-state index is 12.4. The van der Waals surface area contributed by atoms with Gasteiger partial charge in [-0.2, -0.15) is 18.3 Å². The highest BCUT2D eigenvalue weighted by atomic mass is 19.4. The minimum absolute atomic E-state index is 0.130. The molecule has 1 aliphatic heterocycles. The molecule has 0 spiro atoms. The first-order valence-electron chi connectivity index (χ1n) is 5.61. The summed E-state index contributed by atoms with van der Waals surface area (Å²) >= 11 is 0. The number of carbonyl (C=O) groups excluding carboxylic acids is 1. The predicted molar refractivity (Wildman–Crippen MR) is 64.6 cm³/mol. The number of rotatable bonds is 2. The van der Waals surface area contributed by atoms with Crippen LogP contribution in [0.4, 0.5) is 18.9 Å². The van der Waals surface area contributed by atoms with Gasteiger partial charge in [0.15, 0.2) is 0 Å². The van der Waals surface area contributed by atoms with Crippen LogP contribution in [-0.4, -0.2) is 18.2 Å². The quantitative estimate of drug-likeness (QED) is 0.894. The molecule has 2 rings (SSSR count). The highest BCUT2D eigenvalue weighted by Gasteiger charge is 2.34. The van der Waals surface area contributed by atoms with Gasteiger partial charge >= 0.3 is 6.18 Å². The van der Waals surface area contributed by atoms with Crippen LogP contribution in [0.5, 0.6) is 0 Å². The van der Waals surface area contributed by atoms with Gasteiger partial charge in [-0.15, -0.1) is 0 Å². The van der Waals surface area contributed by atoms with Crippen LogP contribution >= 0.6 is 0 Å².